The van der Waals surface area contributed by atoms with Gasteiger partial charge >= 0.3 is 5.97 Å². The smallest absolute Gasteiger partial charge is 0.335 e. The minimum Gasteiger partial charge on any atom is -0.494 e. The van der Waals surface area contributed by atoms with Crippen LogP contribution in [0.25, 0.3) is 0 Å². The van der Waals surface area contributed by atoms with Crippen LogP contribution < -0.4 is 4.74 Å². The van der Waals surface area contributed by atoms with E-state index in [4.69, 9.17) is 9.84 Å². The molecule has 0 radical (unpaired) electrons. The number of hydrogen-bond donors (Lipinski definition) is 1. The highest BCUT2D eigenvalue weighted by Crippen LogP contribution is 2.13. The van der Waals surface area contributed by atoms with Gasteiger partial charge in [-0.25, -0.2) is 4.79 Å². The van der Waals surface area contributed by atoms with Crippen molar-refractivity contribution in [1.82, 2.24) is 0 Å². The zero-order chi connectivity index (χ0) is 15.5. The van der Waals surface area contributed by atoms with Crippen LogP contribution in [-0.4, -0.2) is 23.5 Å². The van der Waals surface area contributed by atoms with Crippen molar-refractivity contribution in [2.45, 2.75) is 51.9 Å². The number of aromatic carboxylic acids is 1. The average molecular weight is 292 g/mol. The fraction of sp³-hybridized carbons (Fsp3) is 0.529. The van der Waals surface area contributed by atoms with Gasteiger partial charge in [0.2, 0.25) is 0 Å². The second-order valence-corrected chi connectivity index (χ2v) is 5.25. The van der Waals surface area contributed by atoms with E-state index in [1.165, 1.54) is 12.8 Å². The van der Waals surface area contributed by atoms with Gasteiger partial charge in [-0.2, -0.15) is 0 Å². The Morgan fingerprint density at radius 3 is 2.10 bits per heavy atom. The number of unbranched alkanes of at least 4 members (excludes halogenated alkanes) is 5. The Labute approximate surface area is 126 Å². The maximum Gasteiger partial charge on any atom is 0.335 e. The molecular formula is C17H24O4. The lowest BCUT2D eigenvalue weighted by Gasteiger charge is -2.06. The number of rotatable bonds is 11. The van der Waals surface area contributed by atoms with Crippen LogP contribution in [0.5, 0.6) is 5.75 Å². The molecule has 4 nitrogen and oxygen atoms in total. The van der Waals surface area contributed by atoms with E-state index < -0.39 is 5.97 Å². The van der Waals surface area contributed by atoms with E-state index in [2.05, 4.69) is 0 Å². The highest BCUT2D eigenvalue weighted by Gasteiger charge is 2.02. The molecule has 116 valence electrons. The van der Waals surface area contributed by atoms with Crippen LogP contribution in [0.1, 0.15) is 62.2 Å². The predicted molar refractivity (Wildman–Crippen MR) is 81.9 cm³/mol. The summed E-state index contributed by atoms with van der Waals surface area (Å²) in [4.78, 5) is 21.5. The molecule has 0 amide bonds. The molecule has 0 heterocycles. The van der Waals surface area contributed by atoms with E-state index in [0.717, 1.165) is 25.7 Å². The predicted octanol–water partition coefficient (Wildman–Crippen LogP) is 4.08. The van der Waals surface area contributed by atoms with E-state index in [-0.39, 0.29) is 11.3 Å². The monoisotopic (exact) mass is 292 g/mol. The van der Waals surface area contributed by atoms with Crippen molar-refractivity contribution < 1.29 is 19.4 Å². The van der Waals surface area contributed by atoms with Gasteiger partial charge in [0, 0.05) is 6.42 Å². The summed E-state index contributed by atoms with van der Waals surface area (Å²) in [5, 5.41) is 8.78. The van der Waals surface area contributed by atoms with Crippen molar-refractivity contribution >= 4 is 11.8 Å². The zero-order valence-corrected chi connectivity index (χ0v) is 12.6. The molecule has 0 aliphatic carbocycles. The summed E-state index contributed by atoms with van der Waals surface area (Å²) in [6.07, 6.45) is 7.27. The van der Waals surface area contributed by atoms with E-state index >= 15 is 0 Å². The molecule has 0 saturated carbocycles. The van der Waals surface area contributed by atoms with Gasteiger partial charge in [-0.3, -0.25) is 0 Å². The van der Waals surface area contributed by atoms with E-state index in [0.29, 0.717) is 18.8 Å². The Balaban J connectivity index is 2.01. The first-order valence-corrected chi connectivity index (χ1v) is 7.55. The molecular weight excluding hydrogens is 268 g/mol. The first-order valence-electron chi connectivity index (χ1n) is 7.55. The highest BCUT2D eigenvalue weighted by atomic mass is 16.5. The summed E-state index contributed by atoms with van der Waals surface area (Å²) in [5.74, 6) is 0.0603. The summed E-state index contributed by atoms with van der Waals surface area (Å²) < 4.78 is 5.56. The lowest BCUT2D eigenvalue weighted by atomic mass is 10.1. The zero-order valence-electron chi connectivity index (χ0n) is 12.6. The maximum atomic E-state index is 10.8. The number of ether oxygens (including phenoxy) is 1. The molecule has 21 heavy (non-hydrogen) atoms. The minimum atomic E-state index is -0.925. The normalized spacial score (nSPS) is 10.3. The Morgan fingerprint density at radius 2 is 1.52 bits per heavy atom. The van der Waals surface area contributed by atoms with Gasteiger partial charge in [0.25, 0.3) is 0 Å². The topological polar surface area (TPSA) is 63.6 Å². The Bertz CT molecular complexity index is 437. The maximum absolute atomic E-state index is 10.8. The lowest BCUT2D eigenvalue weighted by molar-refractivity contribution is -0.117. The molecule has 0 bridgehead atoms. The third-order valence-electron chi connectivity index (χ3n) is 3.29. The number of carboxylic acids is 1. The van der Waals surface area contributed by atoms with E-state index in [1.807, 2.05) is 0 Å². The molecule has 0 fully saturated rings. The van der Waals surface area contributed by atoms with Crippen LogP contribution >= 0.6 is 0 Å². The largest absolute Gasteiger partial charge is 0.494 e. The second kappa shape index (κ2) is 9.97. The number of carbonyl (C=O) groups is 2. The van der Waals surface area contributed by atoms with E-state index in [1.54, 1.807) is 31.2 Å². The van der Waals surface area contributed by atoms with Crippen molar-refractivity contribution in [3.8, 4) is 5.75 Å². The van der Waals surface area contributed by atoms with Gasteiger partial charge in [-0.15, -0.1) is 0 Å². The highest BCUT2D eigenvalue weighted by molar-refractivity contribution is 5.87. The number of benzene rings is 1. The number of Topliss-reactive ketones (excluding diaryl/α,β-unsaturated/α-hetero) is 1. The molecule has 1 N–H and O–H groups in total. The van der Waals surface area contributed by atoms with Crippen LogP contribution in [0.3, 0.4) is 0 Å². The van der Waals surface area contributed by atoms with E-state index in [9.17, 15) is 9.59 Å². The SMILES string of the molecule is CC(=O)CCCCCCCCOc1ccc(C(=O)O)cc1. The van der Waals surface area contributed by atoms with Crippen molar-refractivity contribution in [3.05, 3.63) is 29.8 Å². The van der Waals surface area contributed by atoms with Crippen LogP contribution in [-0.2, 0) is 4.79 Å². The minimum absolute atomic E-state index is 0.271. The summed E-state index contributed by atoms with van der Waals surface area (Å²) in [7, 11) is 0. The molecule has 0 unspecified atom stereocenters. The fourth-order valence-corrected chi connectivity index (χ4v) is 2.07. The molecule has 4 heteroatoms. The second-order valence-electron chi connectivity index (χ2n) is 5.25. The first kappa shape index (κ1) is 17.2. The van der Waals surface area contributed by atoms with Gasteiger partial charge in [0.15, 0.2) is 0 Å². The molecule has 0 atom stereocenters. The quantitative estimate of drug-likeness (QED) is 0.624. The van der Waals surface area contributed by atoms with Crippen molar-refractivity contribution in [2.24, 2.45) is 0 Å². The molecule has 1 aromatic carbocycles. The molecule has 0 aliphatic heterocycles. The molecule has 1 aromatic rings. The molecule has 0 aliphatic rings. The third-order valence-corrected chi connectivity index (χ3v) is 3.29. The fourth-order valence-electron chi connectivity index (χ4n) is 2.07. The summed E-state index contributed by atoms with van der Waals surface area (Å²) in [6.45, 7) is 2.29. The molecule has 0 aromatic heterocycles. The van der Waals surface area contributed by atoms with Gasteiger partial charge < -0.3 is 14.6 Å². The van der Waals surface area contributed by atoms with Crippen LogP contribution in [0.15, 0.2) is 24.3 Å². The Kier molecular flexibility index (Phi) is 8.17. The van der Waals surface area contributed by atoms with Crippen LogP contribution in [0.2, 0.25) is 0 Å². The van der Waals surface area contributed by atoms with Crippen molar-refractivity contribution in [2.75, 3.05) is 6.61 Å². The molecule has 1 rings (SSSR count). The number of carbonyl (C=O) groups excluding carboxylic acids is 1. The standard InChI is InChI=1S/C17H24O4/c1-14(18)8-6-4-2-3-5-7-13-21-16-11-9-15(10-12-16)17(19)20/h9-12H,2-8,13H2,1H3,(H,19,20). The van der Waals surface area contributed by atoms with Gasteiger partial charge in [0.1, 0.15) is 11.5 Å². The number of carboxylic acid groups (broad SMARTS) is 1. The summed E-state index contributed by atoms with van der Waals surface area (Å²) >= 11 is 0. The summed E-state index contributed by atoms with van der Waals surface area (Å²) in [6, 6.07) is 6.47. The van der Waals surface area contributed by atoms with Crippen molar-refractivity contribution in [3.63, 3.8) is 0 Å². The lowest BCUT2D eigenvalue weighted by Crippen LogP contribution is -1.99. The van der Waals surface area contributed by atoms with Crippen LogP contribution in [0, 0.1) is 0 Å². The first-order chi connectivity index (χ1) is 10.1. The van der Waals surface area contributed by atoms with Gasteiger partial charge in [-0.1, -0.05) is 25.7 Å². The van der Waals surface area contributed by atoms with Crippen molar-refractivity contribution in [1.29, 1.82) is 0 Å². The molecule has 0 spiro atoms. The van der Waals surface area contributed by atoms with Gasteiger partial charge in [0.05, 0.1) is 12.2 Å². The average Bonchev–Trinajstić information content (AvgIpc) is 2.45. The third kappa shape index (κ3) is 8.12. The number of hydrogen-bond acceptors (Lipinski definition) is 3. The van der Waals surface area contributed by atoms with Gasteiger partial charge in [-0.05, 0) is 44.0 Å². The number of ketones is 1. The summed E-state index contributed by atoms with van der Waals surface area (Å²) in [5.41, 5.74) is 0.271. The molecule has 0 saturated heterocycles. The van der Waals surface area contributed by atoms with Crippen LogP contribution in [0.4, 0.5) is 0 Å². The Morgan fingerprint density at radius 1 is 0.952 bits per heavy atom. The Hall–Kier alpha value is -1.84.